The van der Waals surface area contributed by atoms with Gasteiger partial charge in [-0.3, -0.25) is 9.59 Å². The number of morpholine rings is 1. The van der Waals surface area contributed by atoms with E-state index >= 15 is 0 Å². The van der Waals surface area contributed by atoms with Gasteiger partial charge in [-0.2, -0.15) is 9.78 Å². The van der Waals surface area contributed by atoms with Crippen molar-refractivity contribution in [3.63, 3.8) is 0 Å². The molecule has 4 aromatic rings. The van der Waals surface area contributed by atoms with Crippen LogP contribution in [0.15, 0.2) is 56.8 Å². The van der Waals surface area contributed by atoms with Crippen molar-refractivity contribution in [3.05, 3.63) is 74.4 Å². The average Bonchev–Trinajstić information content (AvgIpc) is 3.11. The smallest absolute Gasteiger partial charge is 0.282 e. The molecule has 1 fully saturated rings. The summed E-state index contributed by atoms with van der Waals surface area (Å²) in [6, 6.07) is 13.3. The number of aryl methyl sites for hydroxylation is 1. The Hall–Kier alpha value is -3.30. The highest BCUT2D eigenvalue weighted by atomic mass is 79.9. The van der Waals surface area contributed by atoms with Gasteiger partial charge in [-0.1, -0.05) is 34.1 Å². The molecule has 0 atom stereocenters. The van der Waals surface area contributed by atoms with Gasteiger partial charge in [0, 0.05) is 39.7 Å². The average molecular weight is 522 g/mol. The van der Waals surface area contributed by atoms with Crippen molar-refractivity contribution >= 4 is 49.9 Å². The van der Waals surface area contributed by atoms with Crippen LogP contribution in [0.4, 0.5) is 0 Å². The van der Waals surface area contributed by atoms with E-state index < -0.39 is 0 Å². The molecule has 1 aliphatic heterocycles. The molecule has 1 saturated heterocycles. The minimum atomic E-state index is -0.232. The number of benzene rings is 2. The summed E-state index contributed by atoms with van der Waals surface area (Å²) in [5.74, 6) is 0.562. The maximum atomic E-state index is 13.1. The SMILES string of the molecule is Cc1nc2ccc(Br)cc2c(=O)n1N=Cc1c(C)n(CC(=O)N2CCOCC2)c2ccccc12. The molecule has 0 bridgehead atoms. The number of para-hydroxylation sites is 1. The normalized spacial score (nSPS) is 14.5. The zero-order valence-electron chi connectivity index (χ0n) is 19.0. The summed E-state index contributed by atoms with van der Waals surface area (Å²) in [4.78, 5) is 32.4. The lowest BCUT2D eigenvalue weighted by atomic mass is 10.1. The van der Waals surface area contributed by atoms with Crippen LogP contribution in [0, 0.1) is 13.8 Å². The van der Waals surface area contributed by atoms with E-state index in [0.29, 0.717) is 43.0 Å². The minimum absolute atomic E-state index is 0.0620. The van der Waals surface area contributed by atoms with Gasteiger partial charge in [-0.15, -0.1) is 0 Å². The second kappa shape index (κ2) is 9.15. The highest BCUT2D eigenvalue weighted by Crippen LogP contribution is 2.25. The molecular weight excluding hydrogens is 498 g/mol. The standard InChI is InChI=1S/C25H24BrN5O3/c1-16-21(14-27-31-17(2)28-22-8-7-18(26)13-20(22)25(31)33)19-5-3-4-6-23(19)30(16)15-24(32)29-9-11-34-12-10-29/h3-8,13-14H,9-12,15H2,1-2H3. The first-order valence-corrected chi connectivity index (χ1v) is 11.9. The zero-order chi connectivity index (χ0) is 23.8. The predicted octanol–water partition coefficient (Wildman–Crippen LogP) is 3.47. The second-order valence-electron chi connectivity index (χ2n) is 8.28. The number of carbonyl (C=O) groups is 1. The van der Waals surface area contributed by atoms with Gasteiger partial charge in [0.05, 0.1) is 30.3 Å². The molecule has 2 aromatic carbocycles. The van der Waals surface area contributed by atoms with Crippen LogP contribution < -0.4 is 5.56 Å². The molecule has 3 heterocycles. The Labute approximate surface area is 204 Å². The summed E-state index contributed by atoms with van der Waals surface area (Å²) >= 11 is 3.42. The van der Waals surface area contributed by atoms with E-state index in [-0.39, 0.29) is 18.0 Å². The fraction of sp³-hybridized carbons (Fsp3) is 0.280. The zero-order valence-corrected chi connectivity index (χ0v) is 20.6. The molecule has 0 unspecified atom stereocenters. The van der Waals surface area contributed by atoms with E-state index in [1.165, 1.54) is 4.68 Å². The highest BCUT2D eigenvalue weighted by molar-refractivity contribution is 9.10. The van der Waals surface area contributed by atoms with E-state index in [2.05, 4.69) is 26.0 Å². The summed E-state index contributed by atoms with van der Waals surface area (Å²) in [6.07, 6.45) is 1.69. The van der Waals surface area contributed by atoms with E-state index in [1.807, 2.05) is 52.8 Å². The molecular formula is C25H24BrN5O3. The fourth-order valence-electron chi connectivity index (χ4n) is 4.38. The molecule has 1 amide bonds. The number of amides is 1. The van der Waals surface area contributed by atoms with Gasteiger partial charge in [0.1, 0.15) is 12.4 Å². The van der Waals surface area contributed by atoms with Gasteiger partial charge in [0.15, 0.2) is 0 Å². The first-order chi connectivity index (χ1) is 16.4. The predicted molar refractivity (Wildman–Crippen MR) is 136 cm³/mol. The topological polar surface area (TPSA) is 81.7 Å². The number of halogens is 1. The minimum Gasteiger partial charge on any atom is -0.378 e. The lowest BCUT2D eigenvalue weighted by Crippen LogP contribution is -2.42. The van der Waals surface area contributed by atoms with Crippen LogP contribution in [-0.4, -0.2) is 57.6 Å². The Morgan fingerprint density at radius 1 is 1.15 bits per heavy atom. The third-order valence-electron chi connectivity index (χ3n) is 6.21. The summed E-state index contributed by atoms with van der Waals surface area (Å²) in [5.41, 5.74) is 3.13. The third kappa shape index (κ3) is 4.05. The number of nitrogens with zero attached hydrogens (tertiary/aromatic N) is 5. The molecule has 174 valence electrons. The molecule has 0 N–H and O–H groups in total. The lowest BCUT2D eigenvalue weighted by Gasteiger charge is -2.27. The van der Waals surface area contributed by atoms with Crippen LogP contribution in [0.5, 0.6) is 0 Å². The van der Waals surface area contributed by atoms with Crippen LogP contribution >= 0.6 is 15.9 Å². The fourth-order valence-corrected chi connectivity index (χ4v) is 4.74. The first-order valence-electron chi connectivity index (χ1n) is 11.1. The van der Waals surface area contributed by atoms with Gasteiger partial charge in [0.2, 0.25) is 5.91 Å². The first kappa shape index (κ1) is 22.5. The number of hydrogen-bond donors (Lipinski definition) is 0. The van der Waals surface area contributed by atoms with Crippen LogP contribution in [0.25, 0.3) is 21.8 Å². The van der Waals surface area contributed by atoms with Gasteiger partial charge < -0.3 is 14.2 Å². The molecule has 0 radical (unpaired) electrons. The Kier molecular flexibility index (Phi) is 6.05. The second-order valence-corrected chi connectivity index (χ2v) is 9.19. The van der Waals surface area contributed by atoms with E-state index in [0.717, 1.165) is 26.6 Å². The van der Waals surface area contributed by atoms with Crippen molar-refractivity contribution in [2.75, 3.05) is 26.3 Å². The summed E-state index contributed by atoms with van der Waals surface area (Å²) in [5, 5.41) is 5.99. The maximum Gasteiger partial charge on any atom is 0.282 e. The van der Waals surface area contributed by atoms with E-state index in [9.17, 15) is 9.59 Å². The van der Waals surface area contributed by atoms with Crippen molar-refractivity contribution in [3.8, 4) is 0 Å². The van der Waals surface area contributed by atoms with Crippen molar-refractivity contribution in [1.29, 1.82) is 0 Å². The number of rotatable bonds is 4. The summed E-state index contributed by atoms with van der Waals surface area (Å²) < 4.78 is 9.51. The van der Waals surface area contributed by atoms with Crippen molar-refractivity contribution < 1.29 is 9.53 Å². The van der Waals surface area contributed by atoms with Gasteiger partial charge >= 0.3 is 0 Å². The molecule has 5 rings (SSSR count). The summed E-state index contributed by atoms with van der Waals surface area (Å²) in [7, 11) is 0. The number of fused-ring (bicyclic) bond motifs is 2. The van der Waals surface area contributed by atoms with Crippen LogP contribution in [0.2, 0.25) is 0 Å². The molecule has 34 heavy (non-hydrogen) atoms. The number of aromatic nitrogens is 3. The number of hydrogen-bond acceptors (Lipinski definition) is 5. The number of ether oxygens (including phenoxy) is 1. The quantitative estimate of drug-likeness (QED) is 0.385. The third-order valence-corrected chi connectivity index (χ3v) is 6.70. The Balaban J connectivity index is 1.56. The lowest BCUT2D eigenvalue weighted by molar-refractivity contribution is -0.135. The van der Waals surface area contributed by atoms with Gasteiger partial charge in [0.25, 0.3) is 5.56 Å². The van der Waals surface area contributed by atoms with Crippen molar-refractivity contribution in [2.24, 2.45) is 5.10 Å². The molecule has 0 aliphatic carbocycles. The molecule has 1 aliphatic rings. The molecule has 0 spiro atoms. The number of carbonyl (C=O) groups excluding carboxylic acids is 1. The maximum absolute atomic E-state index is 13.1. The van der Waals surface area contributed by atoms with Gasteiger partial charge in [-0.05, 0) is 38.1 Å². The van der Waals surface area contributed by atoms with Crippen molar-refractivity contribution in [2.45, 2.75) is 20.4 Å². The highest BCUT2D eigenvalue weighted by Gasteiger charge is 2.20. The summed E-state index contributed by atoms with van der Waals surface area (Å²) in [6.45, 7) is 6.33. The van der Waals surface area contributed by atoms with Crippen LogP contribution in [-0.2, 0) is 16.1 Å². The van der Waals surface area contributed by atoms with Crippen LogP contribution in [0.1, 0.15) is 17.1 Å². The Morgan fingerprint density at radius 3 is 2.71 bits per heavy atom. The van der Waals surface area contributed by atoms with Gasteiger partial charge in [-0.25, -0.2) is 4.98 Å². The monoisotopic (exact) mass is 521 g/mol. The molecule has 0 saturated carbocycles. The molecule has 8 nitrogen and oxygen atoms in total. The molecule has 9 heteroatoms. The van der Waals surface area contributed by atoms with E-state index in [4.69, 9.17) is 4.74 Å². The Morgan fingerprint density at radius 2 is 1.91 bits per heavy atom. The Bertz CT molecular complexity index is 1500. The molecule has 2 aromatic heterocycles. The van der Waals surface area contributed by atoms with E-state index in [1.54, 1.807) is 19.2 Å². The van der Waals surface area contributed by atoms with Crippen molar-refractivity contribution in [1.82, 2.24) is 19.1 Å². The largest absolute Gasteiger partial charge is 0.378 e. The van der Waals surface area contributed by atoms with Crippen LogP contribution in [0.3, 0.4) is 0 Å².